The second kappa shape index (κ2) is 6.98. The first kappa shape index (κ1) is 15.1. The van der Waals surface area contributed by atoms with Crippen LogP contribution in [0.3, 0.4) is 0 Å². The van der Waals surface area contributed by atoms with E-state index >= 15 is 0 Å². The normalized spacial score (nSPS) is 9.83. The Hall–Kier alpha value is -2.80. The van der Waals surface area contributed by atoms with Gasteiger partial charge in [0.2, 0.25) is 0 Å². The summed E-state index contributed by atoms with van der Waals surface area (Å²) in [4.78, 5) is 0. The van der Waals surface area contributed by atoms with Crippen LogP contribution in [0.15, 0.2) is 78.9 Å². The van der Waals surface area contributed by atoms with E-state index in [1.807, 2.05) is 72.8 Å². The molecule has 3 rings (SSSR count). The molecule has 0 aromatic heterocycles. The molecule has 0 fully saturated rings. The zero-order valence-electron chi connectivity index (χ0n) is 12.5. The van der Waals surface area contributed by atoms with Gasteiger partial charge in [0.1, 0.15) is 0 Å². The van der Waals surface area contributed by atoms with E-state index in [9.17, 15) is 10.0 Å². The van der Waals surface area contributed by atoms with Gasteiger partial charge in [0, 0.05) is 11.1 Å². The van der Waals surface area contributed by atoms with Crippen LogP contribution in [-0.4, -0.2) is 17.2 Å². The predicted molar refractivity (Wildman–Crippen MR) is 94.1 cm³/mol. The van der Waals surface area contributed by atoms with Crippen LogP contribution >= 0.6 is 0 Å². The molecule has 0 aliphatic rings. The van der Waals surface area contributed by atoms with E-state index in [-0.39, 0.29) is 0 Å². The second-order valence-corrected chi connectivity index (χ2v) is 5.16. The summed E-state index contributed by atoms with van der Waals surface area (Å²) in [6.45, 7) is 0. The molecule has 0 radical (unpaired) electrons. The quantitative estimate of drug-likeness (QED) is 0.563. The van der Waals surface area contributed by atoms with Crippen LogP contribution in [0.2, 0.25) is 0 Å². The third-order valence-electron chi connectivity index (χ3n) is 3.55. The molecule has 0 aliphatic carbocycles. The number of hydrogen-bond acceptors (Lipinski definition) is 2. The monoisotopic (exact) mass is 298 g/mol. The standard InChI is InChI=1S/C20H15BO2/c22-21(23)20-15-19(17-9-5-2-6-10-17)14-13-18(20)12-11-16-7-3-1-4-8-16/h1-10,13-15,22-23H. The minimum absolute atomic E-state index is 0.412. The van der Waals surface area contributed by atoms with E-state index in [1.54, 1.807) is 6.07 Å². The molecule has 3 heteroatoms. The Morgan fingerprint density at radius 3 is 1.96 bits per heavy atom. The SMILES string of the molecule is OB(O)c1cc(-c2ccccc2)ccc1C#Cc1ccccc1. The summed E-state index contributed by atoms with van der Waals surface area (Å²) >= 11 is 0. The lowest BCUT2D eigenvalue weighted by molar-refractivity contribution is 0.425. The smallest absolute Gasteiger partial charge is 0.423 e. The van der Waals surface area contributed by atoms with Crippen molar-refractivity contribution in [3.05, 3.63) is 90.0 Å². The van der Waals surface area contributed by atoms with Crippen LogP contribution in [0.5, 0.6) is 0 Å². The van der Waals surface area contributed by atoms with Gasteiger partial charge in [0.15, 0.2) is 0 Å². The minimum Gasteiger partial charge on any atom is -0.423 e. The van der Waals surface area contributed by atoms with Gasteiger partial charge >= 0.3 is 7.12 Å². The zero-order valence-corrected chi connectivity index (χ0v) is 12.5. The van der Waals surface area contributed by atoms with Gasteiger partial charge in [-0.25, -0.2) is 0 Å². The molecule has 3 aromatic carbocycles. The summed E-state index contributed by atoms with van der Waals surface area (Å²) in [6.07, 6.45) is 0. The maximum atomic E-state index is 9.66. The van der Waals surface area contributed by atoms with E-state index in [0.717, 1.165) is 16.7 Å². The highest BCUT2D eigenvalue weighted by Gasteiger charge is 2.16. The first-order valence-corrected chi connectivity index (χ1v) is 7.36. The molecule has 0 amide bonds. The van der Waals surface area contributed by atoms with Crippen molar-refractivity contribution in [1.29, 1.82) is 0 Å². The Kier molecular flexibility index (Phi) is 4.58. The van der Waals surface area contributed by atoms with Gasteiger partial charge < -0.3 is 10.0 Å². The van der Waals surface area contributed by atoms with Crippen LogP contribution in [0.25, 0.3) is 11.1 Å². The Morgan fingerprint density at radius 1 is 0.652 bits per heavy atom. The van der Waals surface area contributed by atoms with E-state index in [2.05, 4.69) is 11.8 Å². The van der Waals surface area contributed by atoms with Crippen molar-refractivity contribution in [2.45, 2.75) is 0 Å². The van der Waals surface area contributed by atoms with Gasteiger partial charge in [-0.15, -0.1) is 0 Å². The minimum atomic E-state index is -1.56. The number of hydrogen-bond donors (Lipinski definition) is 2. The molecule has 0 heterocycles. The van der Waals surface area contributed by atoms with Crippen molar-refractivity contribution in [2.24, 2.45) is 0 Å². The van der Waals surface area contributed by atoms with Crippen molar-refractivity contribution in [1.82, 2.24) is 0 Å². The van der Waals surface area contributed by atoms with Gasteiger partial charge in [-0.1, -0.05) is 72.5 Å². The van der Waals surface area contributed by atoms with Gasteiger partial charge in [-0.3, -0.25) is 0 Å². The maximum Gasteiger partial charge on any atom is 0.489 e. The Bertz CT molecular complexity index is 847. The highest BCUT2D eigenvalue weighted by atomic mass is 16.4. The van der Waals surface area contributed by atoms with Crippen molar-refractivity contribution in [3.63, 3.8) is 0 Å². The molecular formula is C20H15BO2. The molecule has 0 saturated carbocycles. The van der Waals surface area contributed by atoms with Crippen LogP contribution in [0.1, 0.15) is 11.1 Å². The lowest BCUT2D eigenvalue weighted by atomic mass is 9.76. The summed E-state index contributed by atoms with van der Waals surface area (Å²) in [5, 5.41) is 19.3. The van der Waals surface area contributed by atoms with Crippen molar-refractivity contribution < 1.29 is 10.0 Å². The highest BCUT2D eigenvalue weighted by molar-refractivity contribution is 6.59. The molecule has 0 unspecified atom stereocenters. The first-order chi connectivity index (χ1) is 11.2. The van der Waals surface area contributed by atoms with Gasteiger partial charge in [0.05, 0.1) is 0 Å². The Balaban J connectivity index is 2.00. The van der Waals surface area contributed by atoms with Gasteiger partial charge in [-0.05, 0) is 34.8 Å². The summed E-state index contributed by atoms with van der Waals surface area (Å²) in [5.74, 6) is 6.06. The van der Waals surface area contributed by atoms with Crippen molar-refractivity contribution in [3.8, 4) is 23.0 Å². The second-order valence-electron chi connectivity index (χ2n) is 5.16. The summed E-state index contributed by atoms with van der Waals surface area (Å²) < 4.78 is 0. The average molecular weight is 298 g/mol. The number of benzene rings is 3. The van der Waals surface area contributed by atoms with Gasteiger partial charge in [-0.2, -0.15) is 0 Å². The topological polar surface area (TPSA) is 40.5 Å². The van der Waals surface area contributed by atoms with E-state index in [0.29, 0.717) is 11.0 Å². The summed E-state index contributed by atoms with van der Waals surface area (Å²) in [7, 11) is -1.56. The third-order valence-corrected chi connectivity index (χ3v) is 3.55. The van der Waals surface area contributed by atoms with Crippen molar-refractivity contribution >= 4 is 12.6 Å². The maximum absolute atomic E-state index is 9.66. The molecule has 2 N–H and O–H groups in total. The fourth-order valence-electron chi connectivity index (χ4n) is 2.36. The lowest BCUT2D eigenvalue weighted by Gasteiger charge is -2.07. The Labute approximate surface area is 136 Å². The van der Waals surface area contributed by atoms with Crippen LogP contribution in [-0.2, 0) is 0 Å². The first-order valence-electron chi connectivity index (χ1n) is 7.36. The van der Waals surface area contributed by atoms with Crippen LogP contribution in [0, 0.1) is 11.8 Å². The molecule has 23 heavy (non-hydrogen) atoms. The fraction of sp³-hybridized carbons (Fsp3) is 0. The molecule has 110 valence electrons. The van der Waals surface area contributed by atoms with E-state index in [4.69, 9.17) is 0 Å². The molecule has 0 bridgehead atoms. The molecule has 0 saturated heterocycles. The van der Waals surface area contributed by atoms with E-state index in [1.165, 1.54) is 0 Å². The molecule has 0 atom stereocenters. The largest absolute Gasteiger partial charge is 0.489 e. The molecule has 0 spiro atoms. The zero-order chi connectivity index (χ0) is 16.1. The third kappa shape index (κ3) is 3.70. The molecule has 0 aliphatic heterocycles. The molecular weight excluding hydrogens is 283 g/mol. The van der Waals surface area contributed by atoms with Gasteiger partial charge in [0.25, 0.3) is 0 Å². The summed E-state index contributed by atoms with van der Waals surface area (Å²) in [5.41, 5.74) is 3.87. The van der Waals surface area contributed by atoms with E-state index < -0.39 is 7.12 Å². The van der Waals surface area contributed by atoms with Crippen molar-refractivity contribution in [2.75, 3.05) is 0 Å². The fourth-order valence-corrected chi connectivity index (χ4v) is 2.36. The summed E-state index contributed by atoms with van der Waals surface area (Å²) in [6, 6.07) is 25.0. The molecule has 3 aromatic rings. The average Bonchev–Trinajstić information content (AvgIpc) is 2.61. The van der Waals surface area contributed by atoms with Crippen LogP contribution in [0.4, 0.5) is 0 Å². The number of rotatable bonds is 2. The highest BCUT2D eigenvalue weighted by Crippen LogP contribution is 2.18. The molecule has 2 nitrogen and oxygen atoms in total. The lowest BCUT2D eigenvalue weighted by Crippen LogP contribution is -2.32. The predicted octanol–water partition coefficient (Wildman–Crippen LogP) is 2.43. The Morgan fingerprint density at radius 2 is 1.30 bits per heavy atom. The van der Waals surface area contributed by atoms with Crippen LogP contribution < -0.4 is 5.46 Å².